The number of hydrogen-bond acceptors (Lipinski definition) is 5. The number of aromatic nitrogens is 4. The Labute approximate surface area is 298 Å². The van der Waals surface area contributed by atoms with Crippen LogP contribution >= 0.6 is 11.3 Å². The van der Waals surface area contributed by atoms with Crippen molar-refractivity contribution in [3.63, 3.8) is 0 Å². The molecule has 10 rings (SSSR count). The first-order valence-electron chi connectivity index (χ1n) is 17.0. The van der Waals surface area contributed by atoms with Gasteiger partial charge in [-0.1, -0.05) is 140 Å². The first-order valence-corrected chi connectivity index (χ1v) is 17.8. The van der Waals surface area contributed by atoms with Gasteiger partial charge in [-0.2, -0.15) is 0 Å². The molecule has 0 aliphatic heterocycles. The largest absolute Gasteiger partial charge is 0.262 e. The van der Waals surface area contributed by atoms with E-state index in [0.29, 0.717) is 17.5 Å². The molecule has 3 heterocycles. The highest BCUT2D eigenvalue weighted by atomic mass is 32.1. The molecule has 3 aromatic heterocycles. The molecule has 0 N–H and O–H groups in total. The van der Waals surface area contributed by atoms with Crippen molar-refractivity contribution in [2.75, 3.05) is 0 Å². The average Bonchev–Trinajstić information content (AvgIpc) is 3.59. The molecule has 0 aliphatic rings. The van der Waals surface area contributed by atoms with Crippen molar-refractivity contribution >= 4 is 53.1 Å². The summed E-state index contributed by atoms with van der Waals surface area (Å²) in [6.45, 7) is 0. The lowest BCUT2D eigenvalue weighted by Gasteiger charge is -2.12. The number of nitrogens with zero attached hydrogens (tertiary/aromatic N) is 4. The molecule has 51 heavy (non-hydrogen) atoms. The van der Waals surface area contributed by atoms with Crippen LogP contribution in [0.25, 0.3) is 98.1 Å². The fourth-order valence-corrected chi connectivity index (χ4v) is 8.22. The fraction of sp³-hybridized carbons (Fsp3) is 0. The van der Waals surface area contributed by atoms with Gasteiger partial charge in [-0.25, -0.2) is 15.0 Å². The SMILES string of the molecule is c1ccc(-c2ccc(-c3nc(-c4ccccc4)nc(-c4cncc5sc6ccc(-c7cc8ccccc8c8ccccc78)cc6c45)n3)cc2)cc1. The van der Waals surface area contributed by atoms with Gasteiger partial charge in [-0.3, -0.25) is 4.98 Å². The molecule has 0 amide bonds. The summed E-state index contributed by atoms with van der Waals surface area (Å²) >= 11 is 1.75. The number of pyridine rings is 1. The molecular weight excluding hydrogens is 641 g/mol. The molecule has 238 valence electrons. The van der Waals surface area contributed by atoms with Crippen molar-refractivity contribution in [1.29, 1.82) is 0 Å². The molecule has 7 aromatic carbocycles. The Morgan fingerprint density at radius 1 is 0.353 bits per heavy atom. The van der Waals surface area contributed by atoms with Crippen molar-refractivity contribution in [3.8, 4) is 56.4 Å². The van der Waals surface area contributed by atoms with Crippen LogP contribution in [-0.4, -0.2) is 19.9 Å². The zero-order valence-corrected chi connectivity index (χ0v) is 28.2. The van der Waals surface area contributed by atoms with E-state index in [0.717, 1.165) is 37.7 Å². The van der Waals surface area contributed by atoms with E-state index in [1.807, 2.05) is 48.8 Å². The summed E-state index contributed by atoms with van der Waals surface area (Å²) in [7, 11) is 0. The van der Waals surface area contributed by atoms with Crippen LogP contribution in [0.1, 0.15) is 0 Å². The second-order valence-corrected chi connectivity index (χ2v) is 13.8. The van der Waals surface area contributed by atoms with E-state index in [1.54, 1.807) is 11.3 Å². The van der Waals surface area contributed by atoms with Crippen LogP contribution in [0.2, 0.25) is 0 Å². The lowest BCUT2D eigenvalue weighted by molar-refractivity contribution is 1.07. The predicted molar refractivity (Wildman–Crippen MR) is 213 cm³/mol. The molecule has 0 spiro atoms. The summed E-state index contributed by atoms with van der Waals surface area (Å²) in [6.07, 6.45) is 3.86. The Morgan fingerprint density at radius 2 is 0.922 bits per heavy atom. The van der Waals surface area contributed by atoms with E-state index in [4.69, 9.17) is 19.9 Å². The minimum Gasteiger partial charge on any atom is -0.262 e. The van der Waals surface area contributed by atoms with E-state index < -0.39 is 0 Å². The molecule has 0 atom stereocenters. The highest BCUT2D eigenvalue weighted by Crippen LogP contribution is 2.42. The lowest BCUT2D eigenvalue weighted by atomic mass is 9.92. The maximum Gasteiger partial charge on any atom is 0.166 e. The highest BCUT2D eigenvalue weighted by molar-refractivity contribution is 7.25. The Morgan fingerprint density at radius 3 is 1.69 bits per heavy atom. The van der Waals surface area contributed by atoms with Crippen LogP contribution in [-0.2, 0) is 0 Å². The Bertz CT molecular complexity index is 2900. The number of hydrogen-bond donors (Lipinski definition) is 0. The van der Waals surface area contributed by atoms with Crippen LogP contribution in [0.3, 0.4) is 0 Å². The normalized spacial score (nSPS) is 11.5. The van der Waals surface area contributed by atoms with Gasteiger partial charge < -0.3 is 0 Å². The first-order chi connectivity index (χ1) is 25.3. The number of fused-ring (bicyclic) bond motifs is 6. The highest BCUT2D eigenvalue weighted by Gasteiger charge is 2.19. The molecular formula is C46H28N4S. The molecule has 0 fully saturated rings. The molecule has 0 saturated carbocycles. The quantitative estimate of drug-likeness (QED) is 0.171. The van der Waals surface area contributed by atoms with Gasteiger partial charge in [0, 0.05) is 44.6 Å². The van der Waals surface area contributed by atoms with E-state index >= 15 is 0 Å². The van der Waals surface area contributed by atoms with Crippen molar-refractivity contribution in [2.24, 2.45) is 0 Å². The smallest absolute Gasteiger partial charge is 0.166 e. The van der Waals surface area contributed by atoms with Crippen molar-refractivity contribution in [1.82, 2.24) is 19.9 Å². The predicted octanol–water partition coefficient (Wildman–Crippen LogP) is 12.3. The third-order valence-corrected chi connectivity index (χ3v) is 10.7. The Balaban J connectivity index is 1.17. The average molecular weight is 669 g/mol. The third-order valence-electron chi connectivity index (χ3n) is 9.62. The molecule has 10 aromatic rings. The standard InChI is InChI=1S/C46H28N4S/c1-3-11-29(12-4-1)30-19-21-32(22-20-30)45-48-44(31-13-5-2-6-14-31)49-46(50-45)40-27-47-28-42-43(40)39-26-34(23-24-41(39)51-42)38-25-33-15-7-8-16-35(33)36-17-9-10-18-37(36)38/h1-28H. The first kappa shape index (κ1) is 29.4. The summed E-state index contributed by atoms with van der Waals surface area (Å²) in [5.41, 5.74) is 7.45. The van der Waals surface area contributed by atoms with Gasteiger partial charge >= 0.3 is 0 Å². The second kappa shape index (κ2) is 12.1. The number of rotatable bonds is 5. The molecule has 0 bridgehead atoms. The van der Waals surface area contributed by atoms with Gasteiger partial charge in [0.25, 0.3) is 0 Å². The van der Waals surface area contributed by atoms with Crippen LogP contribution in [0.5, 0.6) is 0 Å². The molecule has 0 aliphatic carbocycles. The van der Waals surface area contributed by atoms with Crippen LogP contribution in [0.4, 0.5) is 0 Å². The monoisotopic (exact) mass is 668 g/mol. The van der Waals surface area contributed by atoms with Crippen LogP contribution < -0.4 is 0 Å². The summed E-state index contributed by atoms with van der Waals surface area (Å²) in [5.74, 6) is 1.85. The molecule has 0 saturated heterocycles. The number of thiophene rings is 1. The van der Waals surface area contributed by atoms with Crippen LogP contribution in [0, 0.1) is 0 Å². The summed E-state index contributed by atoms with van der Waals surface area (Å²) in [5, 5.41) is 7.26. The Hall–Kier alpha value is -6.56. The third kappa shape index (κ3) is 5.14. The summed E-state index contributed by atoms with van der Waals surface area (Å²) in [6, 6.07) is 55.4. The fourth-order valence-electron chi connectivity index (χ4n) is 7.14. The molecule has 5 heteroatoms. The van der Waals surface area contributed by atoms with Crippen molar-refractivity contribution in [3.05, 3.63) is 170 Å². The van der Waals surface area contributed by atoms with Gasteiger partial charge in [-0.15, -0.1) is 11.3 Å². The van der Waals surface area contributed by atoms with Gasteiger partial charge in [0.15, 0.2) is 17.5 Å². The van der Waals surface area contributed by atoms with E-state index in [9.17, 15) is 0 Å². The summed E-state index contributed by atoms with van der Waals surface area (Å²) in [4.78, 5) is 19.9. The zero-order valence-electron chi connectivity index (χ0n) is 27.4. The molecule has 0 radical (unpaired) electrons. The lowest BCUT2D eigenvalue weighted by Crippen LogP contribution is -2.00. The molecule has 0 unspecified atom stereocenters. The topological polar surface area (TPSA) is 51.6 Å². The minimum absolute atomic E-state index is 0.602. The maximum absolute atomic E-state index is 5.14. The van der Waals surface area contributed by atoms with Gasteiger partial charge in [0.1, 0.15) is 0 Å². The van der Waals surface area contributed by atoms with E-state index in [-0.39, 0.29) is 0 Å². The van der Waals surface area contributed by atoms with Gasteiger partial charge in [0.2, 0.25) is 0 Å². The van der Waals surface area contributed by atoms with E-state index in [1.165, 1.54) is 42.9 Å². The maximum atomic E-state index is 5.14. The summed E-state index contributed by atoms with van der Waals surface area (Å²) < 4.78 is 2.29. The number of benzene rings is 7. The minimum atomic E-state index is 0.602. The second-order valence-electron chi connectivity index (χ2n) is 12.7. The Kier molecular flexibility index (Phi) is 6.96. The van der Waals surface area contributed by atoms with Crippen molar-refractivity contribution < 1.29 is 0 Å². The van der Waals surface area contributed by atoms with E-state index in [2.05, 4.69) is 121 Å². The van der Waals surface area contributed by atoms with Gasteiger partial charge in [0.05, 0.1) is 4.70 Å². The van der Waals surface area contributed by atoms with Gasteiger partial charge in [-0.05, 0) is 62.0 Å². The van der Waals surface area contributed by atoms with Crippen molar-refractivity contribution in [2.45, 2.75) is 0 Å². The zero-order chi connectivity index (χ0) is 33.7. The molecule has 4 nitrogen and oxygen atoms in total. The van der Waals surface area contributed by atoms with Crippen LogP contribution in [0.15, 0.2) is 170 Å².